The molecular formula is C25H26BrFN2O3. The smallest absolute Gasteiger partial charge is 0.261 e. The third-order valence-corrected chi connectivity index (χ3v) is 5.89. The van der Waals surface area contributed by atoms with E-state index in [0.717, 1.165) is 15.2 Å². The highest BCUT2D eigenvalue weighted by atomic mass is 79.9. The second-order valence-corrected chi connectivity index (χ2v) is 8.63. The number of hydrogen-bond donors (Lipinski definition) is 1. The second kappa shape index (κ2) is 10.6. The lowest BCUT2D eigenvalue weighted by Gasteiger charge is -2.29. The fourth-order valence-corrected chi connectivity index (χ4v) is 3.95. The Labute approximate surface area is 195 Å². The average molecular weight is 501 g/mol. The number of hydrogen-bond acceptors (Lipinski definition) is 3. The summed E-state index contributed by atoms with van der Waals surface area (Å²) in [7, 11) is 0. The van der Waals surface area contributed by atoms with Crippen LogP contribution in [-0.4, -0.2) is 35.4 Å². The van der Waals surface area contributed by atoms with E-state index in [0.29, 0.717) is 11.3 Å². The van der Waals surface area contributed by atoms with Gasteiger partial charge in [-0.15, -0.1) is 0 Å². The molecule has 0 aliphatic heterocycles. The minimum absolute atomic E-state index is 0.0412. The number of nitrogens with zero attached hydrogens (tertiary/aromatic N) is 1. The lowest BCUT2D eigenvalue weighted by atomic mass is 10.1. The van der Waals surface area contributed by atoms with Crippen LogP contribution >= 0.6 is 15.9 Å². The molecule has 0 saturated heterocycles. The zero-order valence-electron chi connectivity index (χ0n) is 18.3. The summed E-state index contributed by atoms with van der Waals surface area (Å²) in [6, 6.07) is 16.8. The van der Waals surface area contributed by atoms with E-state index in [2.05, 4.69) is 21.2 Å². The Morgan fingerprint density at radius 2 is 1.72 bits per heavy atom. The van der Waals surface area contributed by atoms with E-state index in [1.807, 2.05) is 44.2 Å². The number of carbonyl (C=O) groups excluding carboxylic acids is 2. The Balaban J connectivity index is 1.80. The Morgan fingerprint density at radius 3 is 2.44 bits per heavy atom. The third kappa shape index (κ3) is 5.65. The first kappa shape index (κ1) is 23.7. The molecule has 3 aromatic carbocycles. The van der Waals surface area contributed by atoms with Crippen molar-refractivity contribution >= 4 is 38.5 Å². The van der Waals surface area contributed by atoms with Gasteiger partial charge in [0, 0.05) is 18.2 Å². The molecule has 1 atom stereocenters. The highest BCUT2D eigenvalue weighted by Crippen LogP contribution is 2.33. The lowest BCUT2D eigenvalue weighted by molar-refractivity contribution is -0.142. The summed E-state index contributed by atoms with van der Waals surface area (Å²) in [5.74, 6) is -0.640. The van der Waals surface area contributed by atoms with Crippen molar-refractivity contribution in [2.24, 2.45) is 0 Å². The van der Waals surface area contributed by atoms with Crippen LogP contribution < -0.4 is 10.1 Å². The van der Waals surface area contributed by atoms with Gasteiger partial charge >= 0.3 is 0 Å². The molecule has 1 N–H and O–H groups in total. The summed E-state index contributed by atoms with van der Waals surface area (Å²) < 4.78 is 20.8. The van der Waals surface area contributed by atoms with Gasteiger partial charge in [0.15, 0.2) is 6.61 Å². The number of benzene rings is 3. The van der Waals surface area contributed by atoms with E-state index in [9.17, 15) is 14.0 Å². The fraction of sp³-hybridized carbons (Fsp3) is 0.280. The molecule has 0 heterocycles. The zero-order chi connectivity index (χ0) is 23.3. The quantitative estimate of drug-likeness (QED) is 0.470. The molecule has 32 heavy (non-hydrogen) atoms. The van der Waals surface area contributed by atoms with Crippen molar-refractivity contribution in [1.82, 2.24) is 10.2 Å². The largest absolute Gasteiger partial charge is 0.483 e. The predicted octanol–water partition coefficient (Wildman–Crippen LogP) is 5.06. The van der Waals surface area contributed by atoms with Crippen molar-refractivity contribution in [2.75, 3.05) is 6.61 Å². The Morgan fingerprint density at radius 1 is 1.03 bits per heavy atom. The molecule has 3 rings (SSSR count). The molecule has 0 bridgehead atoms. The van der Waals surface area contributed by atoms with Crippen molar-refractivity contribution in [1.29, 1.82) is 0 Å². The van der Waals surface area contributed by atoms with Crippen LogP contribution in [0.15, 0.2) is 65.1 Å². The monoisotopic (exact) mass is 500 g/mol. The maximum absolute atomic E-state index is 14.3. The number of carbonyl (C=O) groups is 2. The second-order valence-electron chi connectivity index (χ2n) is 7.84. The Bertz CT molecular complexity index is 1120. The first-order chi connectivity index (χ1) is 15.3. The minimum Gasteiger partial charge on any atom is -0.483 e. The molecule has 2 amide bonds. The first-order valence-electron chi connectivity index (χ1n) is 10.4. The van der Waals surface area contributed by atoms with Crippen molar-refractivity contribution in [3.8, 4) is 5.75 Å². The summed E-state index contributed by atoms with van der Waals surface area (Å²) >= 11 is 3.55. The van der Waals surface area contributed by atoms with E-state index in [1.165, 1.54) is 11.0 Å². The average Bonchev–Trinajstić information content (AvgIpc) is 2.77. The van der Waals surface area contributed by atoms with Crippen molar-refractivity contribution in [3.05, 3.63) is 76.5 Å². The predicted molar refractivity (Wildman–Crippen MR) is 127 cm³/mol. The summed E-state index contributed by atoms with van der Waals surface area (Å²) in [4.78, 5) is 27.1. The molecule has 0 spiro atoms. The molecule has 1 unspecified atom stereocenters. The molecule has 0 aliphatic rings. The Kier molecular flexibility index (Phi) is 7.85. The number of fused-ring (bicyclic) bond motifs is 1. The van der Waals surface area contributed by atoms with Crippen LogP contribution in [0.3, 0.4) is 0 Å². The molecule has 0 radical (unpaired) electrons. The Hall–Kier alpha value is -2.93. The van der Waals surface area contributed by atoms with Gasteiger partial charge in [-0.1, -0.05) is 48.5 Å². The van der Waals surface area contributed by atoms with Crippen LogP contribution in [0.1, 0.15) is 26.3 Å². The van der Waals surface area contributed by atoms with Gasteiger partial charge in [0.1, 0.15) is 17.6 Å². The van der Waals surface area contributed by atoms with Gasteiger partial charge in [-0.25, -0.2) is 4.39 Å². The van der Waals surface area contributed by atoms with Gasteiger partial charge in [0.2, 0.25) is 5.91 Å². The highest BCUT2D eigenvalue weighted by Gasteiger charge is 2.27. The maximum atomic E-state index is 14.3. The van der Waals surface area contributed by atoms with E-state index in [-0.39, 0.29) is 25.1 Å². The number of nitrogens with one attached hydrogen (secondary N) is 1. The van der Waals surface area contributed by atoms with Crippen LogP contribution in [-0.2, 0) is 16.1 Å². The highest BCUT2D eigenvalue weighted by molar-refractivity contribution is 9.10. The first-order valence-corrected chi connectivity index (χ1v) is 11.2. The fourth-order valence-electron chi connectivity index (χ4n) is 3.35. The van der Waals surface area contributed by atoms with E-state index >= 15 is 0 Å². The van der Waals surface area contributed by atoms with Gasteiger partial charge in [-0.2, -0.15) is 0 Å². The molecular weight excluding hydrogens is 475 g/mol. The lowest BCUT2D eigenvalue weighted by Crippen LogP contribution is -2.50. The molecule has 0 aliphatic carbocycles. The van der Waals surface area contributed by atoms with Crippen molar-refractivity contribution in [2.45, 2.75) is 39.4 Å². The van der Waals surface area contributed by atoms with Crippen LogP contribution in [0.25, 0.3) is 10.8 Å². The standard InChI is InChI=1S/C25H26BrFN2O3/c1-16(2)28-25(31)17(3)29(14-19-9-5-7-11-21(19)27)23(30)15-32-22-13-12-18-8-4-6-10-20(18)24(22)26/h4-13,16-17H,14-15H2,1-3H3,(H,28,31). The SMILES string of the molecule is CC(C)NC(=O)C(C)N(Cc1ccccc1F)C(=O)COc1ccc2ccccc2c1Br. The molecule has 3 aromatic rings. The zero-order valence-corrected chi connectivity index (χ0v) is 19.9. The van der Waals surface area contributed by atoms with E-state index < -0.39 is 17.8 Å². The molecule has 0 saturated carbocycles. The van der Waals surface area contributed by atoms with Crippen molar-refractivity contribution < 1.29 is 18.7 Å². The summed E-state index contributed by atoms with van der Waals surface area (Å²) in [6.07, 6.45) is 0. The maximum Gasteiger partial charge on any atom is 0.261 e. The summed E-state index contributed by atoms with van der Waals surface area (Å²) in [5.41, 5.74) is 0.330. The summed E-state index contributed by atoms with van der Waals surface area (Å²) in [5, 5.41) is 4.81. The molecule has 168 valence electrons. The van der Waals surface area contributed by atoms with Gasteiger partial charge in [-0.05, 0) is 59.6 Å². The molecule has 5 nitrogen and oxygen atoms in total. The normalized spacial score (nSPS) is 11.9. The van der Waals surface area contributed by atoms with E-state index in [4.69, 9.17) is 4.74 Å². The van der Waals surface area contributed by atoms with Gasteiger partial charge in [0.25, 0.3) is 5.91 Å². The van der Waals surface area contributed by atoms with Gasteiger partial charge in [-0.3, -0.25) is 9.59 Å². The number of amides is 2. The van der Waals surface area contributed by atoms with Gasteiger partial charge in [0.05, 0.1) is 4.47 Å². The number of rotatable bonds is 8. The van der Waals surface area contributed by atoms with Gasteiger partial charge < -0.3 is 15.0 Å². The third-order valence-electron chi connectivity index (χ3n) is 5.08. The van der Waals surface area contributed by atoms with Crippen LogP contribution in [0.5, 0.6) is 5.75 Å². The number of halogens is 2. The van der Waals surface area contributed by atoms with Crippen LogP contribution in [0, 0.1) is 5.82 Å². The van der Waals surface area contributed by atoms with E-state index in [1.54, 1.807) is 31.2 Å². The molecule has 7 heteroatoms. The van der Waals surface area contributed by atoms with Crippen molar-refractivity contribution in [3.63, 3.8) is 0 Å². The number of ether oxygens (including phenoxy) is 1. The summed E-state index contributed by atoms with van der Waals surface area (Å²) in [6.45, 7) is 4.98. The topological polar surface area (TPSA) is 58.6 Å². The van der Waals surface area contributed by atoms with Crippen LogP contribution in [0.4, 0.5) is 4.39 Å². The molecule has 0 aromatic heterocycles. The molecule has 0 fully saturated rings. The van der Waals surface area contributed by atoms with Crippen LogP contribution in [0.2, 0.25) is 0 Å². The minimum atomic E-state index is -0.798.